The molecule has 1 unspecified atom stereocenters. The first-order valence-corrected chi connectivity index (χ1v) is 10.8. The van der Waals surface area contributed by atoms with E-state index in [2.05, 4.69) is 0 Å². The summed E-state index contributed by atoms with van der Waals surface area (Å²) < 4.78 is 33.4. The van der Waals surface area contributed by atoms with Crippen LogP contribution in [0.3, 0.4) is 0 Å². The number of fused-ring (bicyclic) bond motifs is 2. The molecular weight excluding hydrogens is 428 g/mol. The van der Waals surface area contributed by atoms with E-state index in [1.165, 1.54) is 7.11 Å². The lowest BCUT2D eigenvalue weighted by Crippen LogP contribution is -2.36. The molecule has 2 aliphatic rings. The molecule has 178 valence electrons. The summed E-state index contributed by atoms with van der Waals surface area (Å²) in [6.07, 6.45) is -0.659. The molecule has 0 saturated heterocycles. The fraction of sp³-hybridized carbons (Fsp3) is 0.480. The second-order valence-electron chi connectivity index (χ2n) is 9.16. The first-order valence-electron chi connectivity index (χ1n) is 10.8. The van der Waals surface area contributed by atoms with Gasteiger partial charge >= 0.3 is 5.97 Å². The summed E-state index contributed by atoms with van der Waals surface area (Å²) in [5.74, 6) is 1.08. The van der Waals surface area contributed by atoms with Gasteiger partial charge in [0.25, 0.3) is 0 Å². The molecule has 1 aliphatic heterocycles. The lowest BCUT2D eigenvalue weighted by molar-refractivity contribution is -0.162. The van der Waals surface area contributed by atoms with E-state index in [-0.39, 0.29) is 19.2 Å². The van der Waals surface area contributed by atoms with Gasteiger partial charge in [-0.05, 0) is 68.1 Å². The van der Waals surface area contributed by atoms with Crippen molar-refractivity contribution in [3.05, 3.63) is 41.0 Å². The van der Waals surface area contributed by atoms with Crippen molar-refractivity contribution < 1.29 is 38.3 Å². The van der Waals surface area contributed by atoms with Crippen molar-refractivity contribution in [1.29, 1.82) is 0 Å². The minimum absolute atomic E-state index is 0.110. The maximum Gasteiger partial charge on any atom is 0.310 e. The zero-order valence-corrected chi connectivity index (χ0v) is 19.8. The summed E-state index contributed by atoms with van der Waals surface area (Å²) in [6.45, 7) is 5.58. The van der Waals surface area contributed by atoms with E-state index in [9.17, 15) is 9.90 Å². The van der Waals surface area contributed by atoms with E-state index in [0.717, 1.165) is 11.1 Å². The van der Waals surface area contributed by atoms with Gasteiger partial charge < -0.3 is 33.5 Å². The van der Waals surface area contributed by atoms with Crippen molar-refractivity contribution in [1.82, 2.24) is 0 Å². The molecule has 0 aromatic heterocycles. The number of methoxy groups -OCH3 is 3. The molecule has 0 saturated carbocycles. The highest BCUT2D eigenvalue weighted by atomic mass is 16.7. The van der Waals surface area contributed by atoms with Crippen molar-refractivity contribution in [3.8, 4) is 28.7 Å². The van der Waals surface area contributed by atoms with E-state index in [4.69, 9.17) is 28.4 Å². The summed E-state index contributed by atoms with van der Waals surface area (Å²) in [4.78, 5) is 13.3. The van der Waals surface area contributed by atoms with Gasteiger partial charge in [-0.2, -0.15) is 0 Å². The molecule has 33 heavy (non-hydrogen) atoms. The Morgan fingerprint density at radius 2 is 1.52 bits per heavy atom. The zero-order valence-electron chi connectivity index (χ0n) is 19.8. The fourth-order valence-electron chi connectivity index (χ4n) is 4.55. The van der Waals surface area contributed by atoms with Gasteiger partial charge in [-0.15, -0.1) is 0 Å². The van der Waals surface area contributed by atoms with Crippen molar-refractivity contribution in [2.24, 2.45) is 5.92 Å². The van der Waals surface area contributed by atoms with Crippen LogP contribution >= 0.6 is 0 Å². The van der Waals surface area contributed by atoms with Crippen LogP contribution in [-0.4, -0.2) is 44.8 Å². The third-order valence-corrected chi connectivity index (χ3v) is 5.91. The Balaban J connectivity index is 1.91. The number of benzene rings is 2. The first kappa shape index (κ1) is 23.0. The predicted molar refractivity (Wildman–Crippen MR) is 119 cm³/mol. The highest BCUT2D eigenvalue weighted by molar-refractivity contribution is 5.77. The Hall–Kier alpha value is -3.13. The van der Waals surface area contributed by atoms with E-state index < -0.39 is 23.5 Å². The van der Waals surface area contributed by atoms with Crippen molar-refractivity contribution in [2.45, 2.75) is 44.8 Å². The number of rotatable bonds is 5. The van der Waals surface area contributed by atoms with Crippen LogP contribution in [-0.2, 0) is 9.53 Å². The first-order chi connectivity index (χ1) is 15.7. The zero-order chi connectivity index (χ0) is 23.9. The average Bonchev–Trinajstić information content (AvgIpc) is 3.23. The Bertz CT molecular complexity index is 1030. The third-order valence-electron chi connectivity index (χ3n) is 5.91. The van der Waals surface area contributed by atoms with Crippen LogP contribution in [0.25, 0.3) is 0 Å². The standard InChI is InChI=1S/C25H30O8/c1-25(2,3)33-24(27)16-9-17(26)14-10-18-19(32-12-31-18)11-15(14)22(16)13-7-20(28-4)23(30-6)21(8-13)29-5/h7-8,10-11,16-17,22,26H,9,12H2,1-6H3/t16-,17?,22-/m1/s1. The number of hydrogen-bond donors (Lipinski definition) is 1. The molecule has 1 aliphatic carbocycles. The maximum atomic E-state index is 13.3. The molecule has 2 aromatic carbocycles. The van der Waals surface area contributed by atoms with Gasteiger partial charge in [0.1, 0.15) is 5.60 Å². The van der Waals surface area contributed by atoms with E-state index in [0.29, 0.717) is 34.3 Å². The topological polar surface area (TPSA) is 92.7 Å². The molecule has 3 atom stereocenters. The monoisotopic (exact) mass is 458 g/mol. The fourth-order valence-corrected chi connectivity index (χ4v) is 4.55. The van der Waals surface area contributed by atoms with E-state index in [1.54, 1.807) is 20.3 Å². The van der Waals surface area contributed by atoms with Crippen LogP contribution in [0.4, 0.5) is 0 Å². The summed E-state index contributed by atoms with van der Waals surface area (Å²) in [7, 11) is 4.63. The van der Waals surface area contributed by atoms with E-state index >= 15 is 0 Å². The Kier molecular flexibility index (Phi) is 6.05. The molecule has 0 fully saturated rings. The molecule has 1 N–H and O–H groups in total. The molecule has 0 bridgehead atoms. The van der Waals surface area contributed by atoms with Crippen LogP contribution in [0, 0.1) is 5.92 Å². The Morgan fingerprint density at radius 1 is 0.939 bits per heavy atom. The maximum absolute atomic E-state index is 13.3. The minimum atomic E-state index is -0.856. The van der Waals surface area contributed by atoms with Gasteiger partial charge in [0.2, 0.25) is 12.5 Å². The van der Waals surface area contributed by atoms with Crippen LogP contribution in [0.5, 0.6) is 28.7 Å². The molecule has 0 radical (unpaired) electrons. The van der Waals surface area contributed by atoms with Gasteiger partial charge in [0.15, 0.2) is 23.0 Å². The summed E-state index contributed by atoms with van der Waals surface area (Å²) in [5.41, 5.74) is 1.56. The van der Waals surface area contributed by atoms with E-state index in [1.807, 2.05) is 39.0 Å². The van der Waals surface area contributed by atoms with Crippen LogP contribution in [0.15, 0.2) is 24.3 Å². The van der Waals surface area contributed by atoms with Crippen LogP contribution in [0.2, 0.25) is 0 Å². The second-order valence-corrected chi connectivity index (χ2v) is 9.16. The van der Waals surface area contributed by atoms with Crippen LogP contribution < -0.4 is 23.7 Å². The normalized spacial score (nSPS) is 21.2. The number of aliphatic hydroxyl groups is 1. The third kappa shape index (κ3) is 4.27. The van der Waals surface area contributed by atoms with Crippen molar-refractivity contribution >= 4 is 5.97 Å². The Morgan fingerprint density at radius 3 is 2.03 bits per heavy atom. The highest BCUT2D eigenvalue weighted by Gasteiger charge is 2.43. The second kappa shape index (κ2) is 8.67. The van der Waals surface area contributed by atoms with Gasteiger partial charge in [0, 0.05) is 5.92 Å². The van der Waals surface area contributed by atoms with Crippen LogP contribution in [0.1, 0.15) is 55.9 Å². The average molecular weight is 459 g/mol. The molecule has 1 heterocycles. The lowest BCUT2D eigenvalue weighted by atomic mass is 9.70. The number of carbonyl (C=O) groups excluding carboxylic acids is 1. The summed E-state index contributed by atoms with van der Waals surface area (Å²) in [5, 5.41) is 11.0. The SMILES string of the molecule is COc1cc([C@@H]2c3cc4c(cc3C(O)C[C@H]2C(=O)OC(C)(C)C)OCO4)cc(OC)c1OC. The van der Waals surface area contributed by atoms with Gasteiger partial charge in [0.05, 0.1) is 33.4 Å². The molecule has 8 nitrogen and oxygen atoms in total. The van der Waals surface area contributed by atoms with Crippen molar-refractivity contribution in [3.63, 3.8) is 0 Å². The number of hydrogen-bond acceptors (Lipinski definition) is 8. The smallest absolute Gasteiger partial charge is 0.310 e. The van der Waals surface area contributed by atoms with Gasteiger partial charge in [-0.1, -0.05) is 0 Å². The van der Waals surface area contributed by atoms with Crippen molar-refractivity contribution in [2.75, 3.05) is 28.1 Å². The number of esters is 1. The molecule has 2 aromatic rings. The molecule has 0 amide bonds. The Labute approximate surface area is 193 Å². The predicted octanol–water partition coefficient (Wildman–Crippen LogP) is 3.97. The minimum Gasteiger partial charge on any atom is -0.493 e. The summed E-state index contributed by atoms with van der Waals surface area (Å²) >= 11 is 0. The number of ether oxygens (including phenoxy) is 6. The summed E-state index contributed by atoms with van der Waals surface area (Å²) in [6, 6.07) is 7.29. The number of carbonyl (C=O) groups is 1. The number of aliphatic hydroxyl groups excluding tert-OH is 1. The molecular formula is C25H30O8. The van der Waals surface area contributed by atoms with Gasteiger partial charge in [-0.25, -0.2) is 0 Å². The molecule has 0 spiro atoms. The highest BCUT2D eigenvalue weighted by Crippen LogP contribution is 2.52. The molecule has 8 heteroatoms. The lowest BCUT2D eigenvalue weighted by Gasteiger charge is -2.37. The largest absolute Gasteiger partial charge is 0.493 e. The quantitative estimate of drug-likeness (QED) is 0.673. The van der Waals surface area contributed by atoms with Gasteiger partial charge in [-0.3, -0.25) is 4.79 Å². The molecule has 4 rings (SSSR count).